The average Bonchev–Trinajstić information content (AvgIpc) is 1.89. The zero-order valence-electron chi connectivity index (χ0n) is 7.04. The standard InChI is InChI=1S/C8H16N2/c1-5-9-7-10(6-2)8(3)4/h5,7-8H,1,6H2,2-4H3. The maximum Gasteiger partial charge on any atom is 0.0906 e. The molecular formula is C8H16N2. The van der Waals surface area contributed by atoms with Crippen molar-refractivity contribution >= 4 is 6.34 Å². The van der Waals surface area contributed by atoms with E-state index < -0.39 is 0 Å². The molecule has 2 heteroatoms. The maximum atomic E-state index is 3.93. The molecule has 0 atom stereocenters. The second-order valence-corrected chi connectivity index (χ2v) is 2.37. The van der Waals surface area contributed by atoms with Crippen molar-refractivity contribution in [2.45, 2.75) is 26.8 Å². The van der Waals surface area contributed by atoms with Crippen LogP contribution >= 0.6 is 0 Å². The first-order valence-corrected chi connectivity index (χ1v) is 3.62. The zero-order chi connectivity index (χ0) is 7.98. The zero-order valence-corrected chi connectivity index (χ0v) is 7.04. The molecule has 0 aliphatic rings. The van der Waals surface area contributed by atoms with Crippen LogP contribution in [0.5, 0.6) is 0 Å². The van der Waals surface area contributed by atoms with Crippen molar-refractivity contribution in [2.75, 3.05) is 6.54 Å². The highest BCUT2D eigenvalue weighted by atomic mass is 15.2. The first-order valence-electron chi connectivity index (χ1n) is 3.62. The van der Waals surface area contributed by atoms with Gasteiger partial charge in [-0.2, -0.15) is 0 Å². The van der Waals surface area contributed by atoms with Gasteiger partial charge in [0.25, 0.3) is 0 Å². The van der Waals surface area contributed by atoms with Gasteiger partial charge in [-0.1, -0.05) is 6.58 Å². The third-order valence-corrected chi connectivity index (χ3v) is 1.35. The lowest BCUT2D eigenvalue weighted by atomic mass is 10.3. The summed E-state index contributed by atoms with van der Waals surface area (Å²) in [6.07, 6.45) is 3.36. The molecule has 0 aromatic heterocycles. The number of hydrogen-bond donors (Lipinski definition) is 0. The molecule has 0 saturated heterocycles. The first kappa shape index (κ1) is 9.21. The number of hydrogen-bond acceptors (Lipinski definition) is 1. The molecule has 58 valence electrons. The molecule has 0 spiro atoms. The van der Waals surface area contributed by atoms with Crippen LogP contribution in [0.4, 0.5) is 0 Å². The maximum absolute atomic E-state index is 3.93. The molecule has 10 heavy (non-hydrogen) atoms. The van der Waals surface area contributed by atoms with Crippen LogP contribution in [0.3, 0.4) is 0 Å². The van der Waals surface area contributed by atoms with E-state index >= 15 is 0 Å². The van der Waals surface area contributed by atoms with E-state index in [-0.39, 0.29) is 0 Å². The van der Waals surface area contributed by atoms with Crippen molar-refractivity contribution < 1.29 is 0 Å². The molecule has 0 fully saturated rings. The third kappa shape index (κ3) is 3.28. The summed E-state index contributed by atoms with van der Waals surface area (Å²) in [6.45, 7) is 10.9. The van der Waals surface area contributed by atoms with E-state index in [0.29, 0.717) is 6.04 Å². The molecular weight excluding hydrogens is 124 g/mol. The molecule has 2 nitrogen and oxygen atoms in total. The van der Waals surface area contributed by atoms with Gasteiger partial charge in [0.05, 0.1) is 6.34 Å². The van der Waals surface area contributed by atoms with Crippen LogP contribution in [0.1, 0.15) is 20.8 Å². The monoisotopic (exact) mass is 140 g/mol. The van der Waals surface area contributed by atoms with Crippen LogP contribution in [0, 0.1) is 0 Å². The number of nitrogens with zero attached hydrogens (tertiary/aromatic N) is 2. The van der Waals surface area contributed by atoms with E-state index in [4.69, 9.17) is 0 Å². The molecule has 0 N–H and O–H groups in total. The van der Waals surface area contributed by atoms with E-state index in [0.717, 1.165) is 6.54 Å². The quantitative estimate of drug-likeness (QED) is 0.430. The van der Waals surface area contributed by atoms with Gasteiger partial charge in [0.2, 0.25) is 0 Å². The minimum atomic E-state index is 0.522. The van der Waals surface area contributed by atoms with Crippen LogP contribution in [0.2, 0.25) is 0 Å². The highest BCUT2D eigenvalue weighted by molar-refractivity contribution is 5.55. The molecule has 0 radical (unpaired) electrons. The van der Waals surface area contributed by atoms with Crippen molar-refractivity contribution in [3.05, 3.63) is 12.8 Å². The molecule has 0 aromatic rings. The smallest absolute Gasteiger partial charge is 0.0906 e. The Balaban J connectivity index is 3.82. The summed E-state index contributed by atoms with van der Waals surface area (Å²) in [7, 11) is 0. The third-order valence-electron chi connectivity index (χ3n) is 1.35. The second kappa shape index (κ2) is 5.03. The van der Waals surface area contributed by atoms with Gasteiger partial charge in [-0.3, -0.25) is 0 Å². The van der Waals surface area contributed by atoms with Gasteiger partial charge in [0, 0.05) is 18.8 Å². The summed E-state index contributed by atoms with van der Waals surface area (Å²) in [6, 6.07) is 0.522. The predicted octanol–water partition coefficient (Wildman–Crippen LogP) is 1.89. The Kier molecular flexibility index (Phi) is 4.63. The fourth-order valence-electron chi connectivity index (χ4n) is 0.713. The van der Waals surface area contributed by atoms with Gasteiger partial charge >= 0.3 is 0 Å². The Labute approximate surface area is 63.3 Å². The summed E-state index contributed by atoms with van der Waals surface area (Å²) >= 11 is 0. The largest absolute Gasteiger partial charge is 0.360 e. The van der Waals surface area contributed by atoms with Crippen molar-refractivity contribution in [3.63, 3.8) is 0 Å². The minimum absolute atomic E-state index is 0.522. The lowest BCUT2D eigenvalue weighted by Gasteiger charge is -2.21. The Bertz CT molecular complexity index is 116. The van der Waals surface area contributed by atoms with Gasteiger partial charge in [-0.15, -0.1) is 0 Å². The number of aliphatic imine (C=N–C) groups is 1. The highest BCUT2D eigenvalue weighted by Crippen LogP contribution is 1.92. The Hall–Kier alpha value is -0.790. The normalized spacial score (nSPS) is 10.8. The van der Waals surface area contributed by atoms with Crippen molar-refractivity contribution in [2.24, 2.45) is 4.99 Å². The summed E-state index contributed by atoms with van der Waals surface area (Å²) in [5.41, 5.74) is 0. The van der Waals surface area contributed by atoms with E-state index in [9.17, 15) is 0 Å². The minimum Gasteiger partial charge on any atom is -0.360 e. The molecule has 0 aromatic carbocycles. The van der Waals surface area contributed by atoms with Crippen molar-refractivity contribution in [1.82, 2.24) is 4.90 Å². The lowest BCUT2D eigenvalue weighted by molar-refractivity contribution is 0.378. The van der Waals surface area contributed by atoms with E-state index in [1.165, 1.54) is 0 Å². The van der Waals surface area contributed by atoms with Crippen LogP contribution < -0.4 is 0 Å². The summed E-state index contributed by atoms with van der Waals surface area (Å²) in [4.78, 5) is 6.07. The first-order chi connectivity index (χ1) is 4.72. The predicted molar refractivity (Wildman–Crippen MR) is 46.2 cm³/mol. The summed E-state index contributed by atoms with van der Waals surface area (Å²) in [5.74, 6) is 0. The second-order valence-electron chi connectivity index (χ2n) is 2.37. The van der Waals surface area contributed by atoms with Gasteiger partial charge in [-0.05, 0) is 20.8 Å². The van der Waals surface area contributed by atoms with Gasteiger partial charge in [0.15, 0.2) is 0 Å². The summed E-state index contributed by atoms with van der Waals surface area (Å²) < 4.78 is 0. The SMILES string of the molecule is C=CN=CN(CC)C(C)C. The lowest BCUT2D eigenvalue weighted by Crippen LogP contribution is -2.28. The average molecular weight is 140 g/mol. The molecule has 0 aliphatic heterocycles. The fourth-order valence-corrected chi connectivity index (χ4v) is 0.713. The van der Waals surface area contributed by atoms with Crippen LogP contribution in [-0.2, 0) is 0 Å². The molecule has 0 rings (SSSR count). The van der Waals surface area contributed by atoms with Crippen LogP contribution in [0.25, 0.3) is 0 Å². The molecule has 0 saturated carbocycles. The van der Waals surface area contributed by atoms with Gasteiger partial charge < -0.3 is 4.90 Å². The van der Waals surface area contributed by atoms with E-state index in [1.807, 2.05) is 6.34 Å². The van der Waals surface area contributed by atoms with Gasteiger partial charge in [-0.25, -0.2) is 4.99 Å². The molecule has 0 unspecified atom stereocenters. The Morgan fingerprint density at radius 2 is 2.20 bits per heavy atom. The molecule has 0 bridgehead atoms. The topological polar surface area (TPSA) is 15.6 Å². The molecule has 0 aliphatic carbocycles. The molecule has 0 heterocycles. The van der Waals surface area contributed by atoms with Crippen LogP contribution in [-0.4, -0.2) is 23.8 Å². The highest BCUT2D eigenvalue weighted by Gasteiger charge is 1.99. The van der Waals surface area contributed by atoms with Gasteiger partial charge in [0.1, 0.15) is 0 Å². The van der Waals surface area contributed by atoms with Crippen molar-refractivity contribution in [3.8, 4) is 0 Å². The Morgan fingerprint density at radius 3 is 2.50 bits per heavy atom. The summed E-state index contributed by atoms with van der Waals surface area (Å²) in [5, 5.41) is 0. The number of rotatable bonds is 4. The van der Waals surface area contributed by atoms with Crippen LogP contribution in [0.15, 0.2) is 17.8 Å². The van der Waals surface area contributed by atoms with E-state index in [1.54, 1.807) is 6.20 Å². The Morgan fingerprint density at radius 1 is 1.60 bits per heavy atom. The fraction of sp³-hybridized carbons (Fsp3) is 0.625. The van der Waals surface area contributed by atoms with Crippen molar-refractivity contribution in [1.29, 1.82) is 0 Å². The van der Waals surface area contributed by atoms with E-state index in [2.05, 4.69) is 37.2 Å². The molecule has 0 amide bonds.